The van der Waals surface area contributed by atoms with Crippen LogP contribution in [0.4, 0.5) is 0 Å². The smallest absolute Gasteiger partial charge is 0.245 e. The third-order valence-corrected chi connectivity index (χ3v) is 7.38. The highest BCUT2D eigenvalue weighted by atomic mass is 35.5. The summed E-state index contributed by atoms with van der Waals surface area (Å²) >= 11 is 6.82. The summed E-state index contributed by atoms with van der Waals surface area (Å²) in [5.41, 5.74) is 3.78. The fourth-order valence-electron chi connectivity index (χ4n) is 4.65. The van der Waals surface area contributed by atoms with E-state index in [4.69, 9.17) is 26.1 Å². The Labute approximate surface area is 231 Å². The predicted octanol–water partition coefficient (Wildman–Crippen LogP) is 3.64. The molecular formula is C28H30ClN7O3. The van der Waals surface area contributed by atoms with Crippen LogP contribution in [0, 0.1) is 6.92 Å². The largest absolute Gasteiger partial charge is 0.492 e. The van der Waals surface area contributed by atoms with Crippen LogP contribution in [-0.2, 0) is 11.3 Å². The number of hydrogen-bond acceptors (Lipinski definition) is 8. The third kappa shape index (κ3) is 5.67. The molecule has 4 aromatic rings. The van der Waals surface area contributed by atoms with E-state index in [1.807, 2.05) is 35.8 Å². The van der Waals surface area contributed by atoms with Gasteiger partial charge in [0.2, 0.25) is 11.8 Å². The van der Waals surface area contributed by atoms with Crippen molar-refractivity contribution in [1.29, 1.82) is 0 Å². The molecule has 11 heteroatoms. The van der Waals surface area contributed by atoms with Gasteiger partial charge < -0.3 is 19.4 Å². The number of aryl methyl sites for hydroxylation is 1. The summed E-state index contributed by atoms with van der Waals surface area (Å²) in [6.07, 6.45) is 5.28. The number of aromatic nitrogens is 5. The number of fused-ring (bicyclic) bond motifs is 1. The van der Waals surface area contributed by atoms with E-state index in [9.17, 15) is 4.79 Å². The van der Waals surface area contributed by atoms with Gasteiger partial charge >= 0.3 is 0 Å². The molecule has 0 spiro atoms. The van der Waals surface area contributed by atoms with Gasteiger partial charge in [0.1, 0.15) is 30.1 Å². The van der Waals surface area contributed by atoms with Crippen molar-refractivity contribution in [2.45, 2.75) is 38.8 Å². The lowest BCUT2D eigenvalue weighted by Crippen LogP contribution is -2.48. The monoisotopic (exact) mass is 547 g/mol. The van der Waals surface area contributed by atoms with Crippen molar-refractivity contribution in [3.05, 3.63) is 59.1 Å². The zero-order valence-electron chi connectivity index (χ0n) is 22.0. The molecule has 39 heavy (non-hydrogen) atoms. The molecule has 202 valence electrons. The second-order valence-corrected chi connectivity index (χ2v) is 10.8. The van der Waals surface area contributed by atoms with Crippen LogP contribution >= 0.6 is 11.6 Å². The molecule has 0 radical (unpaired) electrons. The second-order valence-electron chi connectivity index (χ2n) is 10.4. The summed E-state index contributed by atoms with van der Waals surface area (Å²) in [6.45, 7) is 7.55. The Bertz CT molecular complexity index is 1540. The molecule has 1 aliphatic heterocycles. The van der Waals surface area contributed by atoms with Crippen molar-refractivity contribution < 1.29 is 14.3 Å². The van der Waals surface area contributed by atoms with E-state index in [2.05, 4.69) is 32.1 Å². The molecule has 1 N–H and O–H groups in total. The highest BCUT2D eigenvalue weighted by Gasteiger charge is 2.41. The number of nitrogens with one attached hydrogen (secondary N) is 1. The Hall–Kier alpha value is -3.76. The summed E-state index contributed by atoms with van der Waals surface area (Å²) in [4.78, 5) is 32.2. The molecule has 1 aliphatic carbocycles. The van der Waals surface area contributed by atoms with Crippen molar-refractivity contribution in [2.24, 2.45) is 0 Å². The first kappa shape index (κ1) is 25.5. The summed E-state index contributed by atoms with van der Waals surface area (Å²) in [5, 5.41) is 3.33. The van der Waals surface area contributed by atoms with Gasteiger partial charge in [-0.2, -0.15) is 4.98 Å². The maximum Gasteiger partial charge on any atom is 0.245 e. The van der Waals surface area contributed by atoms with E-state index in [0.717, 1.165) is 36.2 Å². The number of carbonyl (C=O) groups excluding carboxylic acids is 1. The van der Waals surface area contributed by atoms with Crippen LogP contribution in [0.25, 0.3) is 22.6 Å². The first-order chi connectivity index (χ1) is 18.9. The van der Waals surface area contributed by atoms with E-state index in [0.29, 0.717) is 66.4 Å². The molecule has 4 heterocycles. The first-order valence-electron chi connectivity index (χ1n) is 13.1. The molecule has 0 atom stereocenters. The molecule has 1 amide bonds. The van der Waals surface area contributed by atoms with Gasteiger partial charge in [0.25, 0.3) is 0 Å². The molecule has 6 rings (SSSR count). The van der Waals surface area contributed by atoms with Crippen LogP contribution in [0.2, 0.25) is 5.02 Å². The van der Waals surface area contributed by atoms with Gasteiger partial charge in [-0.25, -0.2) is 9.97 Å². The van der Waals surface area contributed by atoms with Gasteiger partial charge in [0, 0.05) is 31.4 Å². The lowest BCUT2D eigenvalue weighted by molar-refractivity contribution is -0.124. The molecule has 2 aliphatic rings. The van der Waals surface area contributed by atoms with Gasteiger partial charge in [-0.05, 0) is 62.6 Å². The molecule has 1 saturated heterocycles. The number of benzene rings is 1. The molecule has 3 aromatic heterocycles. The maximum absolute atomic E-state index is 11.6. The zero-order chi connectivity index (χ0) is 27.0. The number of amides is 1. The summed E-state index contributed by atoms with van der Waals surface area (Å²) < 4.78 is 14.2. The Balaban J connectivity index is 1.30. The number of imidazole rings is 1. The van der Waals surface area contributed by atoms with Crippen LogP contribution in [0.5, 0.6) is 11.6 Å². The number of pyridine rings is 1. The molecule has 0 unspecified atom stereocenters. The number of halogens is 1. The molecule has 1 aromatic carbocycles. The molecule has 10 nitrogen and oxygen atoms in total. The van der Waals surface area contributed by atoms with Crippen LogP contribution in [0.15, 0.2) is 42.9 Å². The molecular weight excluding hydrogens is 518 g/mol. The lowest BCUT2D eigenvalue weighted by Gasteiger charge is -2.26. The van der Waals surface area contributed by atoms with Crippen LogP contribution in [0.1, 0.15) is 31.0 Å². The third-order valence-electron chi connectivity index (χ3n) is 7.06. The molecule has 0 bridgehead atoms. The van der Waals surface area contributed by atoms with Gasteiger partial charge in [-0.3, -0.25) is 14.7 Å². The Kier molecular flexibility index (Phi) is 6.82. The minimum atomic E-state index is -0.210. The number of piperazine rings is 1. The number of hydrogen-bond donors (Lipinski definition) is 1. The van der Waals surface area contributed by atoms with Gasteiger partial charge in [0.15, 0.2) is 11.2 Å². The minimum Gasteiger partial charge on any atom is -0.492 e. The number of carbonyl (C=O) groups is 1. The van der Waals surface area contributed by atoms with E-state index >= 15 is 0 Å². The average Bonchev–Trinajstić information content (AvgIpc) is 3.52. The van der Waals surface area contributed by atoms with Crippen molar-refractivity contribution >= 4 is 28.7 Å². The zero-order valence-corrected chi connectivity index (χ0v) is 22.7. The molecule has 2 fully saturated rings. The number of ether oxygens (including phenoxy) is 2. The SMILES string of the molecule is Cc1ccnc(Cn2c(-c3ccc(OCCN4CCNC(=O)C4)cc3Cl)nc3c(OC4(C)CC4)ncnc32)c1. The minimum absolute atomic E-state index is 0.0434. The van der Waals surface area contributed by atoms with Crippen LogP contribution in [0.3, 0.4) is 0 Å². The Morgan fingerprint density at radius 2 is 2.03 bits per heavy atom. The fraction of sp³-hybridized carbons (Fsp3) is 0.393. The van der Waals surface area contributed by atoms with E-state index in [1.54, 1.807) is 12.3 Å². The van der Waals surface area contributed by atoms with E-state index in [-0.39, 0.29) is 11.5 Å². The van der Waals surface area contributed by atoms with Gasteiger partial charge in [0.05, 0.1) is 23.8 Å². The normalized spacial score (nSPS) is 16.7. The van der Waals surface area contributed by atoms with Crippen molar-refractivity contribution in [3.8, 4) is 23.0 Å². The molecule has 1 saturated carbocycles. The highest BCUT2D eigenvalue weighted by molar-refractivity contribution is 6.33. The predicted molar refractivity (Wildman–Crippen MR) is 147 cm³/mol. The maximum atomic E-state index is 11.6. The van der Waals surface area contributed by atoms with Crippen LogP contribution in [-0.4, -0.2) is 73.7 Å². The number of rotatable bonds is 9. The van der Waals surface area contributed by atoms with Crippen molar-refractivity contribution in [3.63, 3.8) is 0 Å². The van der Waals surface area contributed by atoms with Gasteiger partial charge in [-0.15, -0.1) is 0 Å². The average molecular weight is 548 g/mol. The second kappa shape index (κ2) is 10.4. The van der Waals surface area contributed by atoms with Crippen molar-refractivity contribution in [2.75, 3.05) is 32.8 Å². The summed E-state index contributed by atoms with van der Waals surface area (Å²) in [5.74, 6) is 1.82. The fourth-order valence-corrected chi connectivity index (χ4v) is 4.90. The Morgan fingerprint density at radius 1 is 1.15 bits per heavy atom. The summed E-state index contributed by atoms with van der Waals surface area (Å²) in [6, 6.07) is 9.60. The van der Waals surface area contributed by atoms with E-state index < -0.39 is 0 Å². The standard InChI is InChI=1S/C28H30ClN7O3/c1-18-5-8-30-19(13-18)15-36-25(34-24-26(36)32-17-33-27(24)39-28(2)6-7-28)21-4-3-20(14-22(21)29)38-12-11-35-10-9-31-23(37)16-35/h3-5,8,13-14,17H,6-7,9-12,15-16H2,1-2H3,(H,31,37). The van der Waals surface area contributed by atoms with Gasteiger partial charge in [-0.1, -0.05) is 11.6 Å². The number of nitrogens with zero attached hydrogens (tertiary/aromatic N) is 6. The highest BCUT2D eigenvalue weighted by Crippen LogP contribution is 2.41. The quantitative estimate of drug-likeness (QED) is 0.338. The topological polar surface area (TPSA) is 107 Å². The lowest BCUT2D eigenvalue weighted by atomic mass is 10.2. The van der Waals surface area contributed by atoms with Crippen molar-refractivity contribution in [1.82, 2.24) is 34.7 Å². The summed E-state index contributed by atoms with van der Waals surface area (Å²) in [7, 11) is 0. The first-order valence-corrected chi connectivity index (χ1v) is 13.5. The van der Waals surface area contributed by atoms with Crippen LogP contribution < -0.4 is 14.8 Å². The van der Waals surface area contributed by atoms with E-state index in [1.165, 1.54) is 6.33 Å². The Morgan fingerprint density at radius 3 is 2.79 bits per heavy atom.